The van der Waals surface area contributed by atoms with Crippen LogP contribution in [0, 0.1) is 0 Å². The van der Waals surface area contributed by atoms with E-state index < -0.39 is 41.0 Å². The zero-order chi connectivity index (χ0) is 16.0. The van der Waals surface area contributed by atoms with Crippen LogP contribution in [0.1, 0.15) is 22.0 Å². The second-order valence-corrected chi connectivity index (χ2v) is 4.87. The second kappa shape index (κ2) is 4.81. The predicted molar refractivity (Wildman–Crippen MR) is 73.2 cm³/mol. The van der Waals surface area contributed by atoms with Gasteiger partial charge in [0.1, 0.15) is 0 Å². The largest absolute Gasteiger partial charge is 0.504 e. The Bertz CT molecular complexity index is 769. The number of benzene rings is 2. The summed E-state index contributed by atoms with van der Waals surface area (Å²) in [4.78, 5) is 12.2. The van der Waals surface area contributed by atoms with Gasteiger partial charge in [0.15, 0.2) is 41.0 Å². The van der Waals surface area contributed by atoms with Crippen molar-refractivity contribution in [2.24, 2.45) is 0 Å². The van der Waals surface area contributed by atoms with E-state index in [4.69, 9.17) is 4.74 Å². The molecule has 7 nitrogen and oxygen atoms in total. The number of hydrogen-bond acceptors (Lipinski definition) is 7. The molecule has 2 aromatic carbocycles. The number of carbonyl (C=O) groups excluding carboxylic acids is 1. The van der Waals surface area contributed by atoms with Gasteiger partial charge in [-0.15, -0.1) is 0 Å². The number of aromatic hydroxyl groups is 4. The van der Waals surface area contributed by atoms with Crippen molar-refractivity contribution in [3.05, 3.63) is 41.5 Å². The molecule has 0 unspecified atom stereocenters. The van der Waals surface area contributed by atoms with Crippen LogP contribution in [0.4, 0.5) is 0 Å². The molecule has 5 N–H and O–H groups in total. The summed E-state index contributed by atoms with van der Waals surface area (Å²) in [6, 6.07) is 6.32. The lowest BCUT2D eigenvalue weighted by atomic mass is 9.92. The minimum atomic E-state index is -1.64. The third-order valence-electron chi connectivity index (χ3n) is 3.53. The second-order valence-electron chi connectivity index (χ2n) is 4.87. The molecule has 0 spiro atoms. The van der Waals surface area contributed by atoms with Gasteiger partial charge in [0.25, 0.3) is 0 Å². The number of rotatable bonds is 1. The van der Waals surface area contributed by atoms with Gasteiger partial charge in [-0.3, -0.25) is 4.79 Å². The van der Waals surface area contributed by atoms with Gasteiger partial charge in [-0.25, -0.2) is 0 Å². The van der Waals surface area contributed by atoms with Crippen molar-refractivity contribution in [2.75, 3.05) is 0 Å². The molecule has 1 aliphatic heterocycles. The van der Waals surface area contributed by atoms with E-state index in [1.807, 2.05) is 0 Å². The fourth-order valence-electron chi connectivity index (χ4n) is 2.37. The first-order chi connectivity index (χ1) is 10.4. The van der Waals surface area contributed by atoms with Crippen LogP contribution in [0.5, 0.6) is 28.7 Å². The zero-order valence-corrected chi connectivity index (χ0v) is 11.1. The maximum Gasteiger partial charge on any atom is 0.201 e. The average Bonchev–Trinajstić information content (AvgIpc) is 2.50. The summed E-state index contributed by atoms with van der Waals surface area (Å²) >= 11 is 0. The van der Waals surface area contributed by atoms with E-state index in [9.17, 15) is 30.3 Å². The summed E-state index contributed by atoms with van der Waals surface area (Å²) in [5.74, 6) is -3.12. The molecule has 0 aliphatic carbocycles. The fraction of sp³-hybridized carbons (Fsp3) is 0.133. The molecule has 0 fully saturated rings. The van der Waals surface area contributed by atoms with Crippen molar-refractivity contribution in [3.8, 4) is 28.7 Å². The first-order valence-electron chi connectivity index (χ1n) is 6.36. The molecule has 1 heterocycles. The van der Waals surface area contributed by atoms with E-state index in [0.29, 0.717) is 0 Å². The smallest absolute Gasteiger partial charge is 0.201 e. The van der Waals surface area contributed by atoms with Crippen LogP contribution in [0.15, 0.2) is 30.3 Å². The quantitative estimate of drug-likeness (QED) is 0.501. The number of aliphatic hydroxyl groups is 1. The van der Waals surface area contributed by atoms with E-state index in [0.717, 1.165) is 6.07 Å². The van der Waals surface area contributed by atoms with Gasteiger partial charge in [0.2, 0.25) is 5.75 Å². The van der Waals surface area contributed by atoms with Crippen LogP contribution < -0.4 is 4.74 Å². The van der Waals surface area contributed by atoms with Gasteiger partial charge in [0.05, 0.1) is 5.56 Å². The van der Waals surface area contributed by atoms with Gasteiger partial charge in [0, 0.05) is 5.56 Å². The SMILES string of the molecule is O=C1c2ccc(O)c(O)c2O[C@@H](c2cccc(O)c2O)[C@@H]1O. The Balaban J connectivity index is 2.14. The van der Waals surface area contributed by atoms with Crippen molar-refractivity contribution in [1.29, 1.82) is 0 Å². The third-order valence-corrected chi connectivity index (χ3v) is 3.53. The van der Waals surface area contributed by atoms with Crippen LogP contribution in [0.25, 0.3) is 0 Å². The summed E-state index contributed by atoms with van der Waals surface area (Å²) in [6.45, 7) is 0. The first-order valence-corrected chi connectivity index (χ1v) is 6.36. The van der Waals surface area contributed by atoms with E-state index in [2.05, 4.69) is 0 Å². The number of aliphatic hydroxyl groups excluding tert-OH is 1. The van der Waals surface area contributed by atoms with Crippen molar-refractivity contribution in [1.82, 2.24) is 0 Å². The van der Waals surface area contributed by atoms with Crippen molar-refractivity contribution in [3.63, 3.8) is 0 Å². The molecule has 0 saturated carbocycles. The van der Waals surface area contributed by atoms with Gasteiger partial charge < -0.3 is 30.3 Å². The van der Waals surface area contributed by atoms with E-state index >= 15 is 0 Å². The number of phenols is 4. The maximum atomic E-state index is 12.2. The lowest BCUT2D eigenvalue weighted by Crippen LogP contribution is -2.36. The van der Waals surface area contributed by atoms with Crippen molar-refractivity contribution in [2.45, 2.75) is 12.2 Å². The molecular weight excluding hydrogens is 292 g/mol. The first kappa shape index (κ1) is 14.0. The lowest BCUT2D eigenvalue weighted by Gasteiger charge is -2.30. The van der Waals surface area contributed by atoms with Gasteiger partial charge >= 0.3 is 0 Å². The number of Topliss-reactive ketones (excluding diaryl/α,β-unsaturated/α-hetero) is 1. The standard InChI is InChI=1S/C15H12O7/c16-8-3-1-2-6(10(8)18)15-13(21)11(19)7-4-5-9(17)12(20)14(7)22-15/h1-5,13,15-18,20-21H/t13-,15+/m1/s1. The minimum Gasteiger partial charge on any atom is -0.504 e. The highest BCUT2D eigenvalue weighted by molar-refractivity contribution is 6.04. The Kier molecular flexibility index (Phi) is 3.07. The van der Waals surface area contributed by atoms with Gasteiger partial charge in [-0.1, -0.05) is 12.1 Å². The molecule has 3 rings (SSSR count). The topological polar surface area (TPSA) is 127 Å². The molecule has 0 saturated heterocycles. The van der Waals surface area contributed by atoms with Crippen LogP contribution >= 0.6 is 0 Å². The molecule has 1 aliphatic rings. The molecular formula is C15H12O7. The molecule has 0 aromatic heterocycles. The van der Waals surface area contributed by atoms with Crippen LogP contribution in [-0.4, -0.2) is 37.4 Å². The highest BCUT2D eigenvalue weighted by Crippen LogP contribution is 2.46. The summed E-state index contributed by atoms with van der Waals surface area (Å²) in [5, 5.41) is 48.8. The minimum absolute atomic E-state index is 0.0192. The van der Waals surface area contributed by atoms with Crippen LogP contribution in [0.2, 0.25) is 0 Å². The lowest BCUT2D eigenvalue weighted by molar-refractivity contribution is 0.0194. The number of ketones is 1. The van der Waals surface area contributed by atoms with E-state index in [1.54, 1.807) is 0 Å². The number of carbonyl (C=O) groups is 1. The molecule has 2 atom stereocenters. The number of ether oxygens (including phenoxy) is 1. The normalized spacial score (nSPS) is 20.3. The Hall–Kier alpha value is -2.93. The monoisotopic (exact) mass is 304 g/mol. The maximum absolute atomic E-state index is 12.2. The van der Waals surface area contributed by atoms with E-state index in [1.165, 1.54) is 24.3 Å². The fourth-order valence-corrected chi connectivity index (χ4v) is 2.37. The summed E-state index contributed by atoms with van der Waals surface area (Å²) < 4.78 is 5.40. The van der Waals surface area contributed by atoms with Gasteiger partial charge in [-0.05, 0) is 18.2 Å². The number of phenolic OH excluding ortho intramolecular Hbond substituents is 4. The summed E-state index contributed by atoms with van der Waals surface area (Å²) in [5.41, 5.74) is -0.104. The highest BCUT2D eigenvalue weighted by atomic mass is 16.5. The Morgan fingerprint density at radius 1 is 0.909 bits per heavy atom. The van der Waals surface area contributed by atoms with Crippen LogP contribution in [0.3, 0.4) is 0 Å². The molecule has 22 heavy (non-hydrogen) atoms. The number of fused-ring (bicyclic) bond motifs is 1. The molecule has 0 bridgehead atoms. The van der Waals surface area contributed by atoms with E-state index in [-0.39, 0.29) is 16.9 Å². The summed E-state index contributed by atoms with van der Waals surface area (Å²) in [7, 11) is 0. The average molecular weight is 304 g/mol. The number of para-hydroxylation sites is 1. The molecule has 114 valence electrons. The van der Waals surface area contributed by atoms with Crippen molar-refractivity contribution < 1.29 is 35.1 Å². The third kappa shape index (κ3) is 1.91. The van der Waals surface area contributed by atoms with Crippen molar-refractivity contribution >= 4 is 5.78 Å². The molecule has 7 heteroatoms. The highest BCUT2D eigenvalue weighted by Gasteiger charge is 2.40. The Labute approximate surface area is 124 Å². The number of hydrogen-bond donors (Lipinski definition) is 5. The Morgan fingerprint density at radius 3 is 2.32 bits per heavy atom. The Morgan fingerprint density at radius 2 is 1.59 bits per heavy atom. The molecule has 0 amide bonds. The van der Waals surface area contributed by atoms with Gasteiger partial charge in [-0.2, -0.15) is 0 Å². The molecule has 0 radical (unpaired) electrons. The molecule has 2 aromatic rings. The van der Waals surface area contributed by atoms with Crippen LogP contribution in [-0.2, 0) is 0 Å². The predicted octanol–water partition coefficient (Wildman–Crippen LogP) is 1.19. The summed E-state index contributed by atoms with van der Waals surface area (Å²) in [6.07, 6.45) is -2.97. The zero-order valence-electron chi connectivity index (χ0n) is 11.1.